The molecule has 6 N–H and O–H groups in total. The van der Waals surface area contributed by atoms with Crippen LogP contribution in [0.5, 0.6) is 5.75 Å². The number of methoxy groups -OCH3 is 1. The Labute approximate surface area is 173 Å². The first-order chi connectivity index (χ1) is 14.4. The number of nitrogens with one attached hydrogen (secondary N) is 2. The second-order valence-electron chi connectivity index (χ2n) is 6.93. The zero-order valence-corrected chi connectivity index (χ0v) is 17.1. The minimum Gasteiger partial charge on any atom is -0.495 e. The van der Waals surface area contributed by atoms with Crippen LogP contribution in [0.15, 0.2) is 36.7 Å². The Morgan fingerprint density at radius 3 is 2.70 bits per heavy atom. The Kier molecular flexibility index (Phi) is 6.31. The molecular formula is C21H25FN6O2. The standard InChI is InChI=1S/C21H25FN6O2/c1-4-13(11(2)23)27-19-16(30-3)8-7-14-17(19)18(22)15(10-26-14)28-21-12(20(24)29)6-5-9-25-21/h5-11,13,27H,4,23H2,1-3H3,(H2,24,29)(H,25,28)/t11-,13+/m0/s1. The lowest BCUT2D eigenvalue weighted by Gasteiger charge is -2.24. The Morgan fingerprint density at radius 2 is 2.07 bits per heavy atom. The van der Waals surface area contributed by atoms with E-state index in [0.717, 1.165) is 6.42 Å². The number of hydrogen-bond donors (Lipinski definition) is 4. The van der Waals surface area contributed by atoms with Crippen molar-refractivity contribution in [3.8, 4) is 5.75 Å². The van der Waals surface area contributed by atoms with Gasteiger partial charge in [-0.2, -0.15) is 0 Å². The van der Waals surface area contributed by atoms with Gasteiger partial charge in [-0.1, -0.05) is 6.92 Å². The average Bonchev–Trinajstić information content (AvgIpc) is 2.73. The van der Waals surface area contributed by atoms with Crippen LogP contribution in [0.1, 0.15) is 30.6 Å². The van der Waals surface area contributed by atoms with Crippen molar-refractivity contribution < 1.29 is 13.9 Å². The number of ether oxygens (including phenoxy) is 1. The fraction of sp³-hybridized carbons (Fsp3) is 0.286. The molecule has 30 heavy (non-hydrogen) atoms. The van der Waals surface area contributed by atoms with Crippen molar-refractivity contribution in [2.75, 3.05) is 17.7 Å². The van der Waals surface area contributed by atoms with Crippen molar-refractivity contribution in [3.63, 3.8) is 0 Å². The zero-order chi connectivity index (χ0) is 21.8. The van der Waals surface area contributed by atoms with E-state index in [1.54, 1.807) is 18.2 Å². The van der Waals surface area contributed by atoms with E-state index in [0.29, 0.717) is 17.0 Å². The number of hydrogen-bond acceptors (Lipinski definition) is 7. The highest BCUT2D eigenvalue weighted by Crippen LogP contribution is 2.37. The molecule has 2 heterocycles. The molecule has 0 aliphatic heterocycles. The van der Waals surface area contributed by atoms with Crippen molar-refractivity contribution in [2.24, 2.45) is 11.5 Å². The molecule has 0 spiro atoms. The summed E-state index contributed by atoms with van der Waals surface area (Å²) in [5.41, 5.74) is 12.6. The molecule has 0 saturated heterocycles. The van der Waals surface area contributed by atoms with Crippen LogP contribution < -0.4 is 26.8 Å². The number of anilines is 3. The number of carbonyl (C=O) groups is 1. The van der Waals surface area contributed by atoms with Gasteiger partial charge in [0.2, 0.25) is 0 Å². The van der Waals surface area contributed by atoms with Crippen LogP contribution in [0.3, 0.4) is 0 Å². The van der Waals surface area contributed by atoms with Gasteiger partial charge in [0, 0.05) is 18.3 Å². The topological polar surface area (TPSA) is 128 Å². The number of fused-ring (bicyclic) bond motifs is 1. The summed E-state index contributed by atoms with van der Waals surface area (Å²) < 4.78 is 21.1. The van der Waals surface area contributed by atoms with Crippen LogP contribution in [0.4, 0.5) is 21.6 Å². The monoisotopic (exact) mass is 412 g/mol. The van der Waals surface area contributed by atoms with Crippen molar-refractivity contribution in [1.29, 1.82) is 0 Å². The molecule has 0 saturated carbocycles. The van der Waals surface area contributed by atoms with E-state index in [-0.39, 0.29) is 34.5 Å². The van der Waals surface area contributed by atoms with Crippen LogP contribution in [0.2, 0.25) is 0 Å². The molecule has 3 rings (SSSR count). The Balaban J connectivity index is 2.15. The van der Waals surface area contributed by atoms with E-state index < -0.39 is 11.7 Å². The minimum atomic E-state index is -0.675. The summed E-state index contributed by atoms with van der Waals surface area (Å²) in [6.07, 6.45) is 3.56. The molecule has 2 atom stereocenters. The predicted molar refractivity (Wildman–Crippen MR) is 116 cm³/mol. The number of benzene rings is 1. The number of primary amides is 1. The van der Waals surface area contributed by atoms with Crippen LogP contribution >= 0.6 is 0 Å². The van der Waals surface area contributed by atoms with Gasteiger partial charge in [0.25, 0.3) is 5.91 Å². The number of nitrogens with zero attached hydrogens (tertiary/aromatic N) is 2. The van der Waals surface area contributed by atoms with E-state index in [2.05, 4.69) is 20.6 Å². The highest BCUT2D eigenvalue weighted by molar-refractivity contribution is 6.00. The quantitative estimate of drug-likeness (QED) is 0.447. The number of amides is 1. The third-order valence-corrected chi connectivity index (χ3v) is 4.88. The van der Waals surface area contributed by atoms with Gasteiger partial charge >= 0.3 is 0 Å². The summed E-state index contributed by atoms with van der Waals surface area (Å²) in [4.78, 5) is 20.1. The van der Waals surface area contributed by atoms with Crippen LogP contribution in [-0.4, -0.2) is 35.1 Å². The number of pyridine rings is 2. The van der Waals surface area contributed by atoms with Gasteiger partial charge < -0.3 is 26.8 Å². The molecule has 158 valence electrons. The molecule has 8 nitrogen and oxygen atoms in total. The van der Waals surface area contributed by atoms with E-state index in [1.165, 1.54) is 25.6 Å². The summed E-state index contributed by atoms with van der Waals surface area (Å²) in [5.74, 6) is -0.631. The van der Waals surface area contributed by atoms with Crippen molar-refractivity contribution in [3.05, 3.63) is 48.0 Å². The first-order valence-corrected chi connectivity index (χ1v) is 9.56. The van der Waals surface area contributed by atoms with Crippen LogP contribution in [0.25, 0.3) is 10.9 Å². The summed E-state index contributed by atoms with van der Waals surface area (Å²) in [6, 6.07) is 6.22. The maximum Gasteiger partial charge on any atom is 0.252 e. The lowest BCUT2D eigenvalue weighted by molar-refractivity contribution is 0.100. The number of nitrogens with two attached hydrogens (primary N) is 2. The van der Waals surface area contributed by atoms with Gasteiger partial charge in [-0.25, -0.2) is 9.37 Å². The van der Waals surface area contributed by atoms with Gasteiger partial charge in [0.05, 0.1) is 41.1 Å². The van der Waals surface area contributed by atoms with Crippen LogP contribution in [0, 0.1) is 5.82 Å². The average molecular weight is 412 g/mol. The summed E-state index contributed by atoms with van der Waals surface area (Å²) in [6.45, 7) is 3.87. The molecule has 1 amide bonds. The number of halogens is 1. The molecular weight excluding hydrogens is 387 g/mol. The van der Waals surface area contributed by atoms with Crippen LogP contribution in [-0.2, 0) is 0 Å². The van der Waals surface area contributed by atoms with Gasteiger partial charge in [0.1, 0.15) is 11.6 Å². The van der Waals surface area contributed by atoms with Gasteiger partial charge in [-0.3, -0.25) is 9.78 Å². The van der Waals surface area contributed by atoms with Crippen molar-refractivity contribution >= 4 is 34.0 Å². The van der Waals surface area contributed by atoms with Gasteiger partial charge in [0.15, 0.2) is 5.82 Å². The fourth-order valence-electron chi connectivity index (χ4n) is 3.25. The lowest BCUT2D eigenvalue weighted by Crippen LogP contribution is -2.37. The predicted octanol–water partition coefficient (Wildman–Crippen LogP) is 3.16. The summed E-state index contributed by atoms with van der Waals surface area (Å²) in [7, 11) is 1.51. The first-order valence-electron chi connectivity index (χ1n) is 9.56. The Morgan fingerprint density at radius 1 is 1.30 bits per heavy atom. The third kappa shape index (κ3) is 4.11. The maximum absolute atomic E-state index is 15.6. The number of carbonyl (C=O) groups excluding carboxylic acids is 1. The van der Waals surface area contributed by atoms with Gasteiger partial charge in [-0.15, -0.1) is 0 Å². The molecule has 0 bridgehead atoms. The largest absolute Gasteiger partial charge is 0.495 e. The third-order valence-electron chi connectivity index (χ3n) is 4.88. The highest BCUT2D eigenvalue weighted by Gasteiger charge is 2.21. The smallest absolute Gasteiger partial charge is 0.252 e. The van der Waals surface area contributed by atoms with Gasteiger partial charge in [-0.05, 0) is 37.6 Å². The van der Waals surface area contributed by atoms with E-state index in [9.17, 15) is 4.79 Å². The molecule has 0 aliphatic carbocycles. The molecule has 0 fully saturated rings. The van der Waals surface area contributed by atoms with Crippen molar-refractivity contribution in [1.82, 2.24) is 9.97 Å². The number of aromatic nitrogens is 2. The Hall–Kier alpha value is -3.46. The van der Waals surface area contributed by atoms with Crippen molar-refractivity contribution in [2.45, 2.75) is 32.4 Å². The molecule has 0 radical (unpaired) electrons. The van der Waals surface area contributed by atoms with E-state index in [4.69, 9.17) is 16.2 Å². The van der Waals surface area contributed by atoms with E-state index in [1.807, 2.05) is 13.8 Å². The summed E-state index contributed by atoms with van der Waals surface area (Å²) >= 11 is 0. The molecule has 2 aromatic heterocycles. The molecule has 3 aromatic rings. The molecule has 9 heteroatoms. The zero-order valence-electron chi connectivity index (χ0n) is 17.1. The minimum absolute atomic E-state index is 0.0499. The SMILES string of the molecule is CC[C@@H](Nc1c(OC)ccc2ncc(Nc3ncccc3C(N)=O)c(F)c12)[C@H](C)N. The second kappa shape index (κ2) is 8.91. The molecule has 0 unspecified atom stereocenters. The highest BCUT2D eigenvalue weighted by atomic mass is 19.1. The second-order valence-corrected chi connectivity index (χ2v) is 6.93. The first kappa shape index (κ1) is 21.3. The maximum atomic E-state index is 15.6. The number of rotatable bonds is 8. The lowest BCUT2D eigenvalue weighted by atomic mass is 10.1. The fourth-order valence-corrected chi connectivity index (χ4v) is 3.25. The summed E-state index contributed by atoms with van der Waals surface area (Å²) in [5, 5.41) is 6.38. The Bertz CT molecular complexity index is 1070. The normalized spacial score (nSPS) is 13.0. The molecule has 0 aliphatic rings. The molecule has 1 aromatic carbocycles. The van der Waals surface area contributed by atoms with E-state index >= 15 is 4.39 Å².